The molecule has 3 nitrogen and oxygen atoms in total. The van der Waals surface area contributed by atoms with E-state index in [1.807, 2.05) is 0 Å². The summed E-state index contributed by atoms with van der Waals surface area (Å²) in [6, 6.07) is 6.33. The first-order valence-electron chi connectivity index (χ1n) is 4.94. The molecule has 0 atom stereocenters. The molecule has 0 aliphatic carbocycles. The fourth-order valence-corrected chi connectivity index (χ4v) is 1.52. The molecular formula is C12H10FNO2. The van der Waals surface area contributed by atoms with Crippen molar-refractivity contribution in [3.05, 3.63) is 41.8 Å². The van der Waals surface area contributed by atoms with Crippen LogP contribution in [0.3, 0.4) is 0 Å². The van der Waals surface area contributed by atoms with Crippen molar-refractivity contribution in [1.29, 1.82) is 0 Å². The molecule has 0 aliphatic heterocycles. The fraction of sp³-hybridized carbons (Fsp3) is 0.167. The Labute approximate surface area is 91.9 Å². The van der Waals surface area contributed by atoms with E-state index in [1.165, 1.54) is 12.3 Å². The van der Waals surface area contributed by atoms with E-state index in [-0.39, 0.29) is 12.2 Å². The normalized spacial score (nSPS) is 10.4. The van der Waals surface area contributed by atoms with Crippen LogP contribution < -0.4 is 0 Å². The average Bonchev–Trinajstić information content (AvgIpc) is 2.29. The van der Waals surface area contributed by atoms with Gasteiger partial charge in [-0.1, -0.05) is 6.07 Å². The number of ether oxygens (including phenoxy) is 1. The van der Waals surface area contributed by atoms with Gasteiger partial charge in [-0.15, -0.1) is 0 Å². The van der Waals surface area contributed by atoms with Crippen molar-refractivity contribution in [2.75, 3.05) is 6.61 Å². The van der Waals surface area contributed by atoms with E-state index < -0.39 is 11.8 Å². The number of fused-ring (bicyclic) bond motifs is 1. The Morgan fingerprint density at radius 1 is 1.44 bits per heavy atom. The SMILES string of the molecule is CCOC(=O)c1c(F)ccc2cccnc12. The lowest BCUT2D eigenvalue weighted by Gasteiger charge is -2.06. The van der Waals surface area contributed by atoms with Crippen molar-refractivity contribution in [3.63, 3.8) is 0 Å². The third kappa shape index (κ3) is 1.74. The number of carbonyl (C=O) groups is 1. The molecule has 16 heavy (non-hydrogen) atoms. The second-order valence-corrected chi connectivity index (χ2v) is 3.22. The van der Waals surface area contributed by atoms with E-state index >= 15 is 0 Å². The van der Waals surface area contributed by atoms with Gasteiger partial charge in [-0.25, -0.2) is 9.18 Å². The highest BCUT2D eigenvalue weighted by molar-refractivity contribution is 6.02. The molecular weight excluding hydrogens is 209 g/mol. The summed E-state index contributed by atoms with van der Waals surface area (Å²) in [5.74, 6) is -1.28. The van der Waals surface area contributed by atoms with Crippen LogP contribution in [0.15, 0.2) is 30.5 Å². The summed E-state index contributed by atoms with van der Waals surface area (Å²) >= 11 is 0. The molecule has 82 valence electrons. The number of rotatable bonds is 2. The van der Waals surface area contributed by atoms with E-state index in [0.717, 1.165) is 0 Å². The standard InChI is InChI=1S/C12H10FNO2/c1-2-16-12(15)10-9(13)6-5-8-4-3-7-14-11(8)10/h3-7H,2H2,1H3. The molecule has 1 heterocycles. The minimum Gasteiger partial charge on any atom is -0.462 e. The third-order valence-corrected chi connectivity index (χ3v) is 2.20. The lowest BCUT2D eigenvalue weighted by Crippen LogP contribution is -2.08. The van der Waals surface area contributed by atoms with Crippen LogP contribution in [-0.2, 0) is 4.74 Å². The van der Waals surface area contributed by atoms with Crippen LogP contribution >= 0.6 is 0 Å². The van der Waals surface area contributed by atoms with Crippen LogP contribution in [-0.4, -0.2) is 17.6 Å². The Balaban J connectivity index is 2.66. The summed E-state index contributed by atoms with van der Waals surface area (Å²) in [4.78, 5) is 15.6. The number of pyridine rings is 1. The van der Waals surface area contributed by atoms with Gasteiger partial charge in [-0.2, -0.15) is 0 Å². The number of benzene rings is 1. The summed E-state index contributed by atoms with van der Waals surface area (Å²) in [7, 11) is 0. The van der Waals surface area contributed by atoms with E-state index in [4.69, 9.17) is 4.74 Å². The highest BCUT2D eigenvalue weighted by Crippen LogP contribution is 2.20. The highest BCUT2D eigenvalue weighted by Gasteiger charge is 2.17. The second-order valence-electron chi connectivity index (χ2n) is 3.22. The summed E-state index contributed by atoms with van der Waals surface area (Å²) in [6.45, 7) is 1.88. The first-order chi connectivity index (χ1) is 7.74. The maximum Gasteiger partial charge on any atom is 0.343 e. The molecule has 2 aromatic rings. The Kier molecular flexibility index (Phi) is 2.81. The van der Waals surface area contributed by atoms with E-state index in [0.29, 0.717) is 10.9 Å². The van der Waals surface area contributed by atoms with Crippen LogP contribution in [0.25, 0.3) is 10.9 Å². The number of carbonyl (C=O) groups excluding carboxylic acids is 1. The predicted octanol–water partition coefficient (Wildman–Crippen LogP) is 2.55. The van der Waals surface area contributed by atoms with Gasteiger partial charge in [0.2, 0.25) is 0 Å². The smallest absolute Gasteiger partial charge is 0.343 e. The minimum atomic E-state index is -0.677. The van der Waals surface area contributed by atoms with Gasteiger partial charge in [0.05, 0.1) is 12.1 Å². The molecule has 0 saturated heterocycles. The minimum absolute atomic E-state index is 0.0973. The maximum absolute atomic E-state index is 13.6. The van der Waals surface area contributed by atoms with E-state index in [2.05, 4.69) is 4.98 Å². The Bertz CT molecular complexity index is 540. The number of hydrogen-bond donors (Lipinski definition) is 0. The number of halogens is 1. The van der Waals surface area contributed by atoms with Crippen LogP contribution in [0.1, 0.15) is 17.3 Å². The molecule has 4 heteroatoms. The average molecular weight is 219 g/mol. The molecule has 0 saturated carbocycles. The number of aromatic nitrogens is 1. The van der Waals surface area contributed by atoms with Gasteiger partial charge in [0, 0.05) is 11.6 Å². The van der Waals surface area contributed by atoms with E-state index in [9.17, 15) is 9.18 Å². The van der Waals surface area contributed by atoms with Gasteiger partial charge < -0.3 is 4.74 Å². The van der Waals surface area contributed by atoms with Gasteiger partial charge >= 0.3 is 5.97 Å². The van der Waals surface area contributed by atoms with Gasteiger partial charge in [0.15, 0.2) is 0 Å². The molecule has 0 aliphatic rings. The Hall–Kier alpha value is -1.97. The number of hydrogen-bond acceptors (Lipinski definition) is 3. The maximum atomic E-state index is 13.6. The largest absolute Gasteiger partial charge is 0.462 e. The van der Waals surface area contributed by atoms with Crippen molar-refractivity contribution in [1.82, 2.24) is 4.98 Å². The number of nitrogens with zero attached hydrogens (tertiary/aromatic N) is 1. The van der Waals surface area contributed by atoms with Crippen molar-refractivity contribution in [2.24, 2.45) is 0 Å². The van der Waals surface area contributed by atoms with Crippen LogP contribution in [0.4, 0.5) is 4.39 Å². The molecule has 0 fully saturated rings. The topological polar surface area (TPSA) is 39.2 Å². The quantitative estimate of drug-likeness (QED) is 0.728. The Morgan fingerprint density at radius 2 is 2.25 bits per heavy atom. The van der Waals surface area contributed by atoms with Gasteiger partial charge in [-0.05, 0) is 25.1 Å². The summed E-state index contributed by atoms with van der Waals surface area (Å²) in [5, 5.41) is 0.715. The van der Waals surface area contributed by atoms with Crippen LogP contribution in [0.2, 0.25) is 0 Å². The number of esters is 1. The molecule has 0 spiro atoms. The van der Waals surface area contributed by atoms with Crippen LogP contribution in [0.5, 0.6) is 0 Å². The molecule has 1 aromatic carbocycles. The zero-order valence-corrected chi connectivity index (χ0v) is 8.74. The molecule has 2 rings (SSSR count). The molecule has 0 radical (unpaired) electrons. The molecule has 0 unspecified atom stereocenters. The van der Waals surface area contributed by atoms with Crippen molar-refractivity contribution in [3.8, 4) is 0 Å². The zero-order valence-electron chi connectivity index (χ0n) is 8.74. The fourth-order valence-electron chi connectivity index (χ4n) is 1.52. The molecule has 1 aromatic heterocycles. The monoisotopic (exact) mass is 219 g/mol. The van der Waals surface area contributed by atoms with Crippen molar-refractivity contribution < 1.29 is 13.9 Å². The summed E-state index contributed by atoms with van der Waals surface area (Å²) in [5.41, 5.74) is 0.237. The van der Waals surface area contributed by atoms with Crippen molar-refractivity contribution in [2.45, 2.75) is 6.92 Å². The first kappa shape index (κ1) is 10.5. The van der Waals surface area contributed by atoms with E-state index in [1.54, 1.807) is 25.1 Å². The van der Waals surface area contributed by atoms with Gasteiger partial charge in [-0.3, -0.25) is 4.98 Å². The first-order valence-corrected chi connectivity index (χ1v) is 4.94. The van der Waals surface area contributed by atoms with Gasteiger partial charge in [0.1, 0.15) is 11.4 Å². The highest BCUT2D eigenvalue weighted by atomic mass is 19.1. The molecule has 0 bridgehead atoms. The van der Waals surface area contributed by atoms with Gasteiger partial charge in [0.25, 0.3) is 0 Å². The lowest BCUT2D eigenvalue weighted by atomic mass is 10.1. The third-order valence-electron chi connectivity index (χ3n) is 2.20. The second kappa shape index (κ2) is 4.26. The summed E-state index contributed by atoms with van der Waals surface area (Å²) < 4.78 is 18.4. The van der Waals surface area contributed by atoms with Crippen molar-refractivity contribution >= 4 is 16.9 Å². The summed E-state index contributed by atoms with van der Waals surface area (Å²) in [6.07, 6.45) is 1.52. The zero-order chi connectivity index (χ0) is 11.5. The predicted molar refractivity (Wildman–Crippen MR) is 57.7 cm³/mol. The molecule has 0 N–H and O–H groups in total. The lowest BCUT2D eigenvalue weighted by molar-refractivity contribution is 0.0523. The molecule has 0 amide bonds. The Morgan fingerprint density at radius 3 is 3.00 bits per heavy atom. The van der Waals surface area contributed by atoms with Crippen LogP contribution in [0, 0.1) is 5.82 Å².